The Kier molecular flexibility index (Phi) is 3.25. The number of hydrogen-bond donors (Lipinski definition) is 2. The highest BCUT2D eigenvalue weighted by molar-refractivity contribution is 5.07. The summed E-state index contributed by atoms with van der Waals surface area (Å²) in [6, 6.07) is 0. The van der Waals surface area contributed by atoms with Crippen molar-refractivity contribution in [2.45, 2.75) is 26.0 Å². The normalized spacial score (nSPS) is 13.2. The average Bonchev–Trinajstić information content (AvgIpc) is 2.52. The summed E-state index contributed by atoms with van der Waals surface area (Å²) in [5.41, 5.74) is 0.672. The van der Waals surface area contributed by atoms with Gasteiger partial charge in [0.1, 0.15) is 6.10 Å². The Bertz CT molecular complexity index is 235. The van der Waals surface area contributed by atoms with Gasteiger partial charge in [-0.05, 0) is 6.42 Å². The number of aliphatic hydroxyl groups is 2. The van der Waals surface area contributed by atoms with E-state index in [1.54, 1.807) is 17.1 Å². The van der Waals surface area contributed by atoms with Crippen LogP contribution in [0.25, 0.3) is 0 Å². The fourth-order valence-corrected chi connectivity index (χ4v) is 1.01. The summed E-state index contributed by atoms with van der Waals surface area (Å²) in [6.45, 7) is 2.65. The first-order chi connectivity index (χ1) is 5.77. The van der Waals surface area contributed by atoms with E-state index in [9.17, 15) is 5.11 Å². The van der Waals surface area contributed by atoms with Crippen molar-refractivity contribution in [3.05, 3.63) is 18.0 Å². The molecule has 4 nitrogen and oxygen atoms in total. The van der Waals surface area contributed by atoms with Gasteiger partial charge >= 0.3 is 0 Å². The zero-order chi connectivity index (χ0) is 8.97. The van der Waals surface area contributed by atoms with Gasteiger partial charge in [-0.3, -0.25) is 4.68 Å². The number of aryl methyl sites for hydroxylation is 1. The van der Waals surface area contributed by atoms with E-state index in [1.807, 2.05) is 0 Å². The second-order valence-corrected chi connectivity index (χ2v) is 2.74. The predicted octanol–water partition coefficient (Wildman–Crippen LogP) is 0.319. The molecular formula is C8H14N2O2. The van der Waals surface area contributed by atoms with E-state index in [0.717, 1.165) is 13.0 Å². The molecule has 0 saturated carbocycles. The largest absolute Gasteiger partial charge is 0.393 e. The number of nitrogens with zero attached hydrogens (tertiary/aromatic N) is 2. The van der Waals surface area contributed by atoms with Gasteiger partial charge in [0.25, 0.3) is 0 Å². The fourth-order valence-electron chi connectivity index (χ4n) is 1.01. The van der Waals surface area contributed by atoms with Crippen LogP contribution >= 0.6 is 0 Å². The molecule has 1 atom stereocenters. The molecule has 68 valence electrons. The van der Waals surface area contributed by atoms with Gasteiger partial charge in [-0.1, -0.05) is 6.92 Å². The van der Waals surface area contributed by atoms with Gasteiger partial charge in [-0.2, -0.15) is 5.10 Å². The maximum atomic E-state index is 9.21. The summed E-state index contributed by atoms with van der Waals surface area (Å²) in [7, 11) is 0. The molecule has 1 unspecified atom stereocenters. The molecule has 0 radical (unpaired) electrons. The molecule has 0 aliphatic rings. The summed E-state index contributed by atoms with van der Waals surface area (Å²) in [4.78, 5) is 0. The van der Waals surface area contributed by atoms with Crippen molar-refractivity contribution >= 4 is 0 Å². The molecule has 12 heavy (non-hydrogen) atoms. The standard InChI is InChI=1S/C8H14N2O2/c1-2-3-10-5-7(4-9-10)8(12)6-11/h4-5,8,11-12H,2-3,6H2,1H3. The molecule has 0 spiro atoms. The van der Waals surface area contributed by atoms with Gasteiger partial charge in [0.05, 0.1) is 12.8 Å². The molecule has 1 rings (SSSR count). The first kappa shape index (κ1) is 9.22. The summed E-state index contributed by atoms with van der Waals surface area (Å²) < 4.78 is 1.76. The van der Waals surface area contributed by atoms with Crippen molar-refractivity contribution in [1.82, 2.24) is 9.78 Å². The molecule has 0 aliphatic heterocycles. The van der Waals surface area contributed by atoms with Crippen LogP contribution in [0.2, 0.25) is 0 Å². The van der Waals surface area contributed by atoms with E-state index < -0.39 is 6.10 Å². The van der Waals surface area contributed by atoms with Crippen LogP contribution in [-0.2, 0) is 6.54 Å². The molecular weight excluding hydrogens is 156 g/mol. The van der Waals surface area contributed by atoms with Crippen LogP contribution < -0.4 is 0 Å². The second kappa shape index (κ2) is 4.23. The summed E-state index contributed by atoms with van der Waals surface area (Å²) >= 11 is 0. The van der Waals surface area contributed by atoms with Crippen LogP contribution in [0.1, 0.15) is 25.0 Å². The molecule has 1 aromatic rings. The minimum absolute atomic E-state index is 0.252. The zero-order valence-corrected chi connectivity index (χ0v) is 7.14. The SMILES string of the molecule is CCCn1cc(C(O)CO)cn1. The van der Waals surface area contributed by atoms with E-state index in [0.29, 0.717) is 5.56 Å². The van der Waals surface area contributed by atoms with E-state index in [2.05, 4.69) is 12.0 Å². The van der Waals surface area contributed by atoms with E-state index >= 15 is 0 Å². The fraction of sp³-hybridized carbons (Fsp3) is 0.625. The Labute approximate surface area is 71.5 Å². The molecule has 0 bridgehead atoms. The molecule has 1 heterocycles. The maximum Gasteiger partial charge on any atom is 0.105 e. The van der Waals surface area contributed by atoms with Crippen LogP contribution in [0.3, 0.4) is 0 Å². The molecule has 0 aliphatic carbocycles. The van der Waals surface area contributed by atoms with Gasteiger partial charge in [-0.25, -0.2) is 0 Å². The van der Waals surface area contributed by atoms with Crippen LogP contribution in [0.5, 0.6) is 0 Å². The summed E-state index contributed by atoms with van der Waals surface area (Å²) in [5.74, 6) is 0. The first-order valence-electron chi connectivity index (χ1n) is 4.09. The molecule has 2 N–H and O–H groups in total. The zero-order valence-electron chi connectivity index (χ0n) is 7.14. The molecule has 1 aromatic heterocycles. The Morgan fingerprint density at radius 1 is 1.67 bits per heavy atom. The van der Waals surface area contributed by atoms with Crippen LogP contribution in [-0.4, -0.2) is 26.6 Å². The van der Waals surface area contributed by atoms with Crippen molar-refractivity contribution in [3.63, 3.8) is 0 Å². The van der Waals surface area contributed by atoms with Gasteiger partial charge in [0.2, 0.25) is 0 Å². The molecule has 0 aromatic carbocycles. The summed E-state index contributed by atoms with van der Waals surface area (Å²) in [6.07, 6.45) is 3.55. The van der Waals surface area contributed by atoms with Gasteiger partial charge in [0, 0.05) is 18.3 Å². The smallest absolute Gasteiger partial charge is 0.105 e. The second-order valence-electron chi connectivity index (χ2n) is 2.74. The Hall–Kier alpha value is -0.870. The van der Waals surface area contributed by atoms with Crippen molar-refractivity contribution in [2.75, 3.05) is 6.61 Å². The lowest BCUT2D eigenvalue weighted by molar-refractivity contribution is 0.0955. The number of aromatic nitrogens is 2. The van der Waals surface area contributed by atoms with Crippen LogP contribution in [0, 0.1) is 0 Å². The van der Waals surface area contributed by atoms with Gasteiger partial charge in [0.15, 0.2) is 0 Å². The molecule has 0 saturated heterocycles. The van der Waals surface area contributed by atoms with E-state index in [1.165, 1.54) is 0 Å². The maximum absolute atomic E-state index is 9.21. The molecule has 0 fully saturated rings. The van der Waals surface area contributed by atoms with Crippen LogP contribution in [0.4, 0.5) is 0 Å². The van der Waals surface area contributed by atoms with E-state index in [4.69, 9.17) is 5.11 Å². The van der Waals surface area contributed by atoms with Gasteiger partial charge < -0.3 is 10.2 Å². The third-order valence-electron chi connectivity index (χ3n) is 1.66. The highest BCUT2D eigenvalue weighted by Crippen LogP contribution is 2.10. The highest BCUT2D eigenvalue weighted by atomic mass is 16.3. The monoisotopic (exact) mass is 170 g/mol. The molecule has 4 heteroatoms. The number of rotatable bonds is 4. The average molecular weight is 170 g/mol. The lowest BCUT2D eigenvalue weighted by atomic mass is 10.2. The number of aliphatic hydroxyl groups excluding tert-OH is 2. The lowest BCUT2D eigenvalue weighted by Crippen LogP contribution is -2.01. The highest BCUT2D eigenvalue weighted by Gasteiger charge is 2.07. The summed E-state index contributed by atoms with van der Waals surface area (Å²) in [5, 5.41) is 21.9. The van der Waals surface area contributed by atoms with Gasteiger partial charge in [-0.15, -0.1) is 0 Å². The van der Waals surface area contributed by atoms with Crippen molar-refractivity contribution in [3.8, 4) is 0 Å². The van der Waals surface area contributed by atoms with Crippen molar-refractivity contribution in [1.29, 1.82) is 0 Å². The Balaban J connectivity index is 2.63. The Morgan fingerprint density at radius 3 is 3.00 bits per heavy atom. The lowest BCUT2D eigenvalue weighted by Gasteiger charge is -2.01. The topological polar surface area (TPSA) is 58.3 Å². The minimum Gasteiger partial charge on any atom is -0.393 e. The number of hydrogen-bond acceptors (Lipinski definition) is 3. The molecule has 0 amide bonds. The van der Waals surface area contributed by atoms with Crippen molar-refractivity contribution < 1.29 is 10.2 Å². The van der Waals surface area contributed by atoms with Crippen molar-refractivity contribution in [2.24, 2.45) is 0 Å². The first-order valence-corrected chi connectivity index (χ1v) is 4.09. The minimum atomic E-state index is -0.796. The third-order valence-corrected chi connectivity index (χ3v) is 1.66. The quantitative estimate of drug-likeness (QED) is 0.684. The van der Waals surface area contributed by atoms with Crippen LogP contribution in [0.15, 0.2) is 12.4 Å². The Morgan fingerprint density at radius 2 is 2.42 bits per heavy atom. The third kappa shape index (κ3) is 2.06. The van der Waals surface area contributed by atoms with E-state index in [-0.39, 0.29) is 6.61 Å². The predicted molar refractivity (Wildman–Crippen MR) is 44.6 cm³/mol.